The van der Waals surface area contributed by atoms with Gasteiger partial charge in [0.2, 0.25) is 0 Å². The van der Waals surface area contributed by atoms with E-state index < -0.39 is 21.9 Å². The number of carbonyl (C=O) groups excluding carboxylic acids is 1. The number of hydrogen-bond donors (Lipinski definition) is 1. The normalized spacial score (nSPS) is 39.4. The summed E-state index contributed by atoms with van der Waals surface area (Å²) < 4.78 is -0.410. The van der Waals surface area contributed by atoms with Crippen molar-refractivity contribution in [2.45, 2.75) is 23.3 Å². The van der Waals surface area contributed by atoms with Crippen LogP contribution in [0.2, 0.25) is 0 Å². The number of thioether (sulfide) groups is 1. The monoisotopic (exact) mass is 277 g/mol. The van der Waals surface area contributed by atoms with Gasteiger partial charge in [-0.3, -0.25) is 14.6 Å². The molecule has 0 bridgehead atoms. The van der Waals surface area contributed by atoms with Gasteiger partial charge in [-0.1, -0.05) is 18.2 Å². The molecular weight excluding hydrogens is 262 g/mol. The predicted molar refractivity (Wildman–Crippen MR) is 74.6 cm³/mol. The van der Waals surface area contributed by atoms with Gasteiger partial charge in [-0.15, -0.1) is 11.8 Å². The van der Waals surface area contributed by atoms with Crippen LogP contribution in [0.4, 0.5) is 0 Å². The van der Waals surface area contributed by atoms with Crippen LogP contribution < -0.4 is 0 Å². The van der Waals surface area contributed by atoms with E-state index in [1.165, 1.54) is 18.7 Å². The van der Waals surface area contributed by atoms with Gasteiger partial charge in [-0.2, -0.15) is 0 Å². The average Bonchev–Trinajstić information content (AvgIpc) is 2.72. The zero-order valence-corrected chi connectivity index (χ0v) is 11.4. The number of rotatable bonds is 2. The molecule has 1 saturated heterocycles. The molecule has 1 N–H and O–H groups in total. The van der Waals surface area contributed by atoms with E-state index in [4.69, 9.17) is 0 Å². The molecule has 1 spiro atoms. The Kier molecular flexibility index (Phi) is 2.89. The number of carboxylic acid groups (broad SMARTS) is 1. The van der Waals surface area contributed by atoms with Crippen molar-refractivity contribution in [2.24, 2.45) is 16.8 Å². The summed E-state index contributed by atoms with van der Waals surface area (Å²) in [7, 11) is 0. The second-order valence-corrected chi connectivity index (χ2v) is 6.61. The van der Waals surface area contributed by atoms with Crippen molar-refractivity contribution in [1.29, 1.82) is 0 Å². The van der Waals surface area contributed by atoms with Gasteiger partial charge in [0.1, 0.15) is 5.78 Å². The van der Waals surface area contributed by atoms with Crippen molar-refractivity contribution >= 4 is 29.2 Å². The second-order valence-electron chi connectivity index (χ2n) is 5.19. The van der Waals surface area contributed by atoms with E-state index in [2.05, 4.69) is 4.99 Å². The second kappa shape index (κ2) is 4.34. The SMILES string of the molecule is CC(=O)C1SC23C=CC=CC2=NCCC3C1C(=O)O. The summed E-state index contributed by atoms with van der Waals surface area (Å²) in [5, 5.41) is 9.04. The van der Waals surface area contributed by atoms with Crippen LogP contribution in [0.1, 0.15) is 13.3 Å². The molecule has 0 radical (unpaired) electrons. The van der Waals surface area contributed by atoms with Gasteiger partial charge in [0.25, 0.3) is 0 Å². The summed E-state index contributed by atoms with van der Waals surface area (Å²) >= 11 is 1.47. The molecule has 4 nitrogen and oxygen atoms in total. The van der Waals surface area contributed by atoms with Crippen molar-refractivity contribution in [3.05, 3.63) is 24.3 Å². The zero-order chi connectivity index (χ0) is 13.6. The van der Waals surface area contributed by atoms with Gasteiger partial charge in [0.05, 0.1) is 21.6 Å². The van der Waals surface area contributed by atoms with Gasteiger partial charge in [0, 0.05) is 6.54 Å². The van der Waals surface area contributed by atoms with E-state index in [1.54, 1.807) is 0 Å². The first kappa shape index (κ1) is 12.7. The largest absolute Gasteiger partial charge is 0.481 e. The fraction of sp³-hybridized carbons (Fsp3) is 0.500. The Labute approximate surface area is 115 Å². The Morgan fingerprint density at radius 2 is 2.26 bits per heavy atom. The van der Waals surface area contributed by atoms with Crippen LogP contribution in [0.15, 0.2) is 29.3 Å². The lowest BCUT2D eigenvalue weighted by Crippen LogP contribution is -2.44. The maximum atomic E-state index is 11.8. The van der Waals surface area contributed by atoms with Crippen molar-refractivity contribution in [1.82, 2.24) is 0 Å². The summed E-state index contributed by atoms with van der Waals surface area (Å²) in [4.78, 5) is 27.9. The van der Waals surface area contributed by atoms with Crippen LogP contribution in [0.25, 0.3) is 0 Å². The highest BCUT2D eigenvalue weighted by Crippen LogP contribution is 2.56. The minimum Gasteiger partial charge on any atom is -0.481 e. The fourth-order valence-corrected chi connectivity index (χ4v) is 5.24. The number of ketones is 1. The molecule has 3 aliphatic rings. The smallest absolute Gasteiger partial charge is 0.308 e. The van der Waals surface area contributed by atoms with E-state index >= 15 is 0 Å². The first-order chi connectivity index (χ1) is 9.06. The number of aliphatic imine (C=N–C) groups is 1. The molecule has 2 heterocycles. The number of carbonyl (C=O) groups is 2. The predicted octanol–water partition coefficient (Wildman–Crippen LogP) is 1.72. The molecule has 0 amide bonds. The fourth-order valence-electron chi connectivity index (χ4n) is 3.35. The molecule has 19 heavy (non-hydrogen) atoms. The maximum Gasteiger partial charge on any atom is 0.308 e. The molecule has 4 unspecified atom stereocenters. The first-order valence-corrected chi connectivity index (χ1v) is 7.26. The van der Waals surface area contributed by atoms with Crippen LogP contribution in [0.5, 0.6) is 0 Å². The Morgan fingerprint density at radius 3 is 2.95 bits per heavy atom. The third kappa shape index (κ3) is 1.71. The molecule has 0 saturated carbocycles. The average molecular weight is 277 g/mol. The molecule has 2 aliphatic heterocycles. The van der Waals surface area contributed by atoms with E-state index in [1.807, 2.05) is 24.3 Å². The summed E-state index contributed by atoms with van der Waals surface area (Å²) in [5.41, 5.74) is 0.922. The maximum absolute atomic E-state index is 11.8. The molecule has 1 aliphatic carbocycles. The number of Topliss-reactive ketones (excluding diaryl/α,β-unsaturated/α-hetero) is 1. The standard InChI is InChI=1S/C14H15NO3S/c1-8(16)12-11(13(17)18)9-5-7-15-10-4-2-3-6-14(9,10)19-12/h2-4,6,9,11-12H,5,7H2,1H3,(H,17,18). The van der Waals surface area contributed by atoms with E-state index in [0.717, 1.165) is 12.1 Å². The van der Waals surface area contributed by atoms with Crippen molar-refractivity contribution in [2.75, 3.05) is 6.54 Å². The molecule has 100 valence electrons. The highest BCUT2D eigenvalue weighted by Gasteiger charge is 2.59. The lowest BCUT2D eigenvalue weighted by atomic mass is 9.72. The molecular formula is C14H15NO3S. The summed E-state index contributed by atoms with van der Waals surface area (Å²) in [6.07, 6.45) is 8.56. The number of allylic oxidation sites excluding steroid dienone is 3. The number of hydrogen-bond acceptors (Lipinski definition) is 4. The van der Waals surface area contributed by atoms with Crippen LogP contribution >= 0.6 is 11.8 Å². The number of nitrogens with zero attached hydrogens (tertiary/aromatic N) is 1. The topological polar surface area (TPSA) is 66.7 Å². The molecule has 5 heteroatoms. The van der Waals surface area contributed by atoms with E-state index in [-0.39, 0.29) is 11.7 Å². The molecule has 1 fully saturated rings. The lowest BCUT2D eigenvalue weighted by Gasteiger charge is -2.37. The van der Waals surface area contributed by atoms with E-state index in [0.29, 0.717) is 6.54 Å². The molecule has 0 aromatic rings. The van der Waals surface area contributed by atoms with Crippen LogP contribution in [0.3, 0.4) is 0 Å². The Hall–Kier alpha value is -1.36. The van der Waals surface area contributed by atoms with Gasteiger partial charge >= 0.3 is 5.97 Å². The summed E-state index contributed by atoms with van der Waals surface area (Å²) in [5.74, 6) is -1.57. The Bertz CT molecular complexity index is 537. The van der Waals surface area contributed by atoms with Crippen molar-refractivity contribution in [3.63, 3.8) is 0 Å². The lowest BCUT2D eigenvalue weighted by molar-refractivity contribution is -0.145. The number of carboxylic acids is 1. The third-order valence-corrected chi connectivity index (χ3v) is 6.07. The molecule has 3 rings (SSSR count). The summed E-state index contributed by atoms with van der Waals surface area (Å²) in [6.45, 7) is 2.13. The van der Waals surface area contributed by atoms with E-state index in [9.17, 15) is 14.7 Å². The Morgan fingerprint density at radius 1 is 1.47 bits per heavy atom. The van der Waals surface area contributed by atoms with Gasteiger partial charge in [-0.25, -0.2) is 0 Å². The first-order valence-electron chi connectivity index (χ1n) is 6.38. The van der Waals surface area contributed by atoms with Gasteiger partial charge in [-0.05, 0) is 25.3 Å². The highest BCUT2D eigenvalue weighted by molar-refractivity contribution is 8.03. The molecule has 0 aromatic carbocycles. The third-order valence-electron chi connectivity index (χ3n) is 4.15. The Balaban J connectivity index is 2.10. The van der Waals surface area contributed by atoms with Crippen LogP contribution in [-0.4, -0.2) is 39.1 Å². The van der Waals surface area contributed by atoms with Gasteiger partial charge in [0.15, 0.2) is 0 Å². The number of aliphatic carboxylic acids is 1. The molecule has 4 atom stereocenters. The minimum absolute atomic E-state index is 0.0439. The minimum atomic E-state index is -0.862. The molecule has 0 aromatic heterocycles. The van der Waals surface area contributed by atoms with Gasteiger partial charge < -0.3 is 5.11 Å². The zero-order valence-electron chi connectivity index (χ0n) is 10.6. The van der Waals surface area contributed by atoms with Crippen molar-refractivity contribution < 1.29 is 14.7 Å². The van der Waals surface area contributed by atoms with Crippen LogP contribution in [0, 0.1) is 11.8 Å². The summed E-state index contributed by atoms with van der Waals surface area (Å²) in [6, 6.07) is 0. The quantitative estimate of drug-likeness (QED) is 0.834. The van der Waals surface area contributed by atoms with Crippen molar-refractivity contribution in [3.8, 4) is 0 Å². The highest BCUT2D eigenvalue weighted by atomic mass is 32.2. The van der Waals surface area contributed by atoms with Crippen LogP contribution in [-0.2, 0) is 9.59 Å².